The van der Waals surface area contributed by atoms with Gasteiger partial charge in [0.15, 0.2) is 5.75 Å². The van der Waals surface area contributed by atoms with Gasteiger partial charge in [0.1, 0.15) is 0 Å². The molecular formula is C26H15F17N2O4. The summed E-state index contributed by atoms with van der Waals surface area (Å²) in [5, 5.41) is 1.61. The quantitative estimate of drug-likeness (QED) is 0.179. The van der Waals surface area contributed by atoms with Gasteiger partial charge < -0.3 is 10.2 Å². The predicted molar refractivity (Wildman–Crippen MR) is 126 cm³/mol. The number of imide groups is 1. The van der Waals surface area contributed by atoms with Crippen molar-refractivity contribution in [2.75, 3.05) is 6.54 Å². The highest BCUT2D eigenvalue weighted by atomic mass is 19.4. The summed E-state index contributed by atoms with van der Waals surface area (Å²) in [5.74, 6) is -61.2. The highest BCUT2D eigenvalue weighted by molar-refractivity contribution is 6.21. The molecule has 272 valence electrons. The minimum absolute atomic E-state index is 0.00387. The van der Waals surface area contributed by atoms with Crippen LogP contribution in [0, 0.1) is 6.92 Å². The maximum atomic E-state index is 14.1. The monoisotopic (exact) mass is 742 g/mol. The molecule has 0 unspecified atom stereocenters. The Bertz CT molecular complexity index is 1620. The molecule has 0 saturated carbocycles. The molecule has 0 aliphatic carbocycles. The molecule has 1 N–H and O–H groups in total. The van der Waals surface area contributed by atoms with E-state index in [2.05, 4.69) is 0 Å². The van der Waals surface area contributed by atoms with Crippen LogP contribution in [-0.4, -0.2) is 77.0 Å². The van der Waals surface area contributed by atoms with Crippen molar-refractivity contribution in [3.8, 4) is 5.75 Å². The number of fused-ring (bicyclic) bond motifs is 1. The Balaban J connectivity index is 1.77. The summed E-state index contributed by atoms with van der Waals surface area (Å²) in [7, 11) is 0. The number of hydroxylamine groups is 2. The fourth-order valence-electron chi connectivity index (χ4n) is 3.94. The lowest BCUT2D eigenvalue weighted by molar-refractivity contribution is -0.461. The van der Waals surface area contributed by atoms with Crippen LogP contribution in [0.2, 0.25) is 0 Å². The van der Waals surface area contributed by atoms with Gasteiger partial charge in [-0.05, 0) is 37.3 Å². The predicted octanol–water partition coefficient (Wildman–Crippen LogP) is 7.71. The molecule has 0 radical (unpaired) electrons. The Morgan fingerprint density at radius 2 is 1.08 bits per heavy atom. The number of nitrogens with one attached hydrogen (secondary N) is 1. The van der Waals surface area contributed by atoms with E-state index < -0.39 is 89.4 Å². The van der Waals surface area contributed by atoms with Crippen molar-refractivity contribution >= 4 is 17.7 Å². The number of alkyl halides is 17. The van der Waals surface area contributed by atoms with Gasteiger partial charge in [-0.2, -0.15) is 74.6 Å². The van der Waals surface area contributed by atoms with Crippen molar-refractivity contribution in [2.45, 2.75) is 61.0 Å². The third kappa shape index (κ3) is 5.97. The third-order valence-electron chi connectivity index (χ3n) is 6.84. The summed E-state index contributed by atoms with van der Waals surface area (Å²) in [6, 6.07) is 8.01. The molecule has 1 aliphatic heterocycles. The number of amides is 3. The molecule has 0 aromatic heterocycles. The number of nitrogens with zero attached hydrogens (tertiary/aromatic N) is 1. The lowest BCUT2D eigenvalue weighted by Gasteiger charge is -2.42. The van der Waals surface area contributed by atoms with E-state index >= 15 is 0 Å². The smallest absolute Gasteiger partial charge is 0.368 e. The number of carbonyl (C=O) groups excluding carboxylic acids is 3. The van der Waals surface area contributed by atoms with Crippen molar-refractivity contribution in [3.63, 3.8) is 0 Å². The van der Waals surface area contributed by atoms with E-state index in [1.54, 1.807) is 6.92 Å². The SMILES string of the molecule is Cc1ccc(ON2C(=O)c3ccc(C(=O)NCCC(F)(F)C(F)(F)C(F)(F)C(F)(F)C(F)(F)C(F)(F)C(F)(F)C(F)(F)F)cc3C2=O)cc1. The molecular weight excluding hydrogens is 727 g/mol. The van der Waals surface area contributed by atoms with Gasteiger partial charge >= 0.3 is 47.6 Å². The molecule has 0 spiro atoms. The van der Waals surface area contributed by atoms with Crippen LogP contribution in [0.5, 0.6) is 5.75 Å². The molecule has 1 heterocycles. The standard InChI is InChI=1S/C26H15F17N2O4/c1-11-2-5-13(6-3-11)49-45-17(47)14-7-4-12(10-15(14)18(45)48)16(46)44-9-8-19(27,28)20(29,30)21(31,32)22(33,34)23(35,36)24(37,38)25(39,40)26(41,42)43/h2-7,10H,8-9H2,1H3,(H,44,46). The van der Waals surface area contributed by atoms with Crippen molar-refractivity contribution in [1.29, 1.82) is 0 Å². The van der Waals surface area contributed by atoms with E-state index in [1.165, 1.54) is 29.6 Å². The maximum Gasteiger partial charge on any atom is 0.460 e. The Morgan fingerprint density at radius 3 is 1.57 bits per heavy atom. The Kier molecular flexibility index (Phi) is 9.51. The van der Waals surface area contributed by atoms with E-state index in [-0.39, 0.29) is 16.4 Å². The van der Waals surface area contributed by atoms with Crippen LogP contribution in [0.25, 0.3) is 0 Å². The lowest BCUT2D eigenvalue weighted by Crippen LogP contribution is -2.74. The molecule has 0 fully saturated rings. The van der Waals surface area contributed by atoms with Gasteiger partial charge in [0.05, 0.1) is 11.1 Å². The zero-order valence-electron chi connectivity index (χ0n) is 23.5. The van der Waals surface area contributed by atoms with Gasteiger partial charge in [-0.25, -0.2) is 0 Å². The minimum Gasteiger partial charge on any atom is -0.368 e. The Morgan fingerprint density at radius 1 is 0.633 bits per heavy atom. The van der Waals surface area contributed by atoms with Crippen molar-refractivity contribution in [3.05, 3.63) is 64.7 Å². The average molecular weight is 742 g/mol. The summed E-state index contributed by atoms with van der Waals surface area (Å²) >= 11 is 0. The first-order valence-electron chi connectivity index (χ1n) is 12.7. The van der Waals surface area contributed by atoms with E-state index in [1.807, 2.05) is 0 Å². The first kappa shape index (κ1) is 39.1. The summed E-state index contributed by atoms with van der Waals surface area (Å²) in [6.45, 7) is -0.240. The molecule has 3 amide bonds. The van der Waals surface area contributed by atoms with Gasteiger partial charge in [-0.15, -0.1) is 0 Å². The second kappa shape index (κ2) is 11.9. The zero-order valence-corrected chi connectivity index (χ0v) is 23.5. The van der Waals surface area contributed by atoms with Crippen LogP contribution in [0.15, 0.2) is 42.5 Å². The van der Waals surface area contributed by atoms with Gasteiger partial charge in [-0.3, -0.25) is 14.4 Å². The minimum atomic E-state index is -8.75. The van der Waals surface area contributed by atoms with Crippen molar-refractivity contribution < 1.29 is 93.9 Å². The van der Waals surface area contributed by atoms with Crippen LogP contribution in [-0.2, 0) is 0 Å². The van der Waals surface area contributed by atoms with Crippen LogP contribution >= 0.6 is 0 Å². The van der Waals surface area contributed by atoms with Crippen molar-refractivity contribution in [2.24, 2.45) is 0 Å². The van der Waals surface area contributed by atoms with Crippen LogP contribution in [0.3, 0.4) is 0 Å². The second-order valence-corrected chi connectivity index (χ2v) is 10.2. The number of aryl methyl sites for hydroxylation is 1. The summed E-state index contributed by atoms with van der Waals surface area (Å²) in [5.41, 5.74) is -0.871. The van der Waals surface area contributed by atoms with Crippen molar-refractivity contribution in [1.82, 2.24) is 10.4 Å². The van der Waals surface area contributed by atoms with Crippen LogP contribution in [0.4, 0.5) is 74.6 Å². The number of hydrogen-bond acceptors (Lipinski definition) is 4. The summed E-state index contributed by atoms with van der Waals surface area (Å²) in [6.07, 6.45) is -10.7. The number of hydrogen-bond donors (Lipinski definition) is 1. The molecule has 49 heavy (non-hydrogen) atoms. The van der Waals surface area contributed by atoms with E-state index in [0.29, 0.717) is 6.07 Å². The topological polar surface area (TPSA) is 75.7 Å². The van der Waals surface area contributed by atoms with E-state index in [0.717, 1.165) is 17.7 Å². The molecule has 1 aliphatic rings. The Labute approximate surface area is 260 Å². The lowest BCUT2D eigenvalue weighted by atomic mass is 9.88. The van der Waals surface area contributed by atoms with E-state index in [4.69, 9.17) is 4.84 Å². The maximum absolute atomic E-state index is 14.1. The largest absolute Gasteiger partial charge is 0.460 e. The van der Waals surface area contributed by atoms with Crippen LogP contribution in [0.1, 0.15) is 43.1 Å². The molecule has 6 nitrogen and oxygen atoms in total. The number of halogens is 17. The van der Waals surface area contributed by atoms with Gasteiger partial charge in [0.2, 0.25) is 0 Å². The second-order valence-electron chi connectivity index (χ2n) is 10.2. The normalized spacial score (nSPS) is 15.4. The molecule has 23 heteroatoms. The first-order chi connectivity index (χ1) is 21.9. The summed E-state index contributed by atoms with van der Waals surface area (Å²) < 4.78 is 228. The third-order valence-corrected chi connectivity index (χ3v) is 6.84. The van der Waals surface area contributed by atoms with Gasteiger partial charge in [-0.1, -0.05) is 22.8 Å². The van der Waals surface area contributed by atoms with E-state index in [9.17, 15) is 89.0 Å². The molecule has 0 bridgehead atoms. The molecule has 2 aromatic rings. The Hall–Kier alpha value is -4.34. The molecule has 3 rings (SSSR count). The fourth-order valence-corrected chi connectivity index (χ4v) is 3.94. The highest BCUT2D eigenvalue weighted by Crippen LogP contribution is 2.64. The van der Waals surface area contributed by atoms with Gasteiger partial charge in [0.25, 0.3) is 17.7 Å². The number of rotatable bonds is 12. The highest BCUT2D eigenvalue weighted by Gasteiger charge is 2.95. The number of carbonyl (C=O) groups is 3. The molecule has 0 atom stereocenters. The zero-order chi connectivity index (χ0) is 38.0. The first-order valence-corrected chi connectivity index (χ1v) is 12.7. The average Bonchev–Trinajstić information content (AvgIpc) is 3.21. The molecule has 2 aromatic carbocycles. The van der Waals surface area contributed by atoms with Crippen LogP contribution < -0.4 is 10.2 Å². The summed E-state index contributed by atoms with van der Waals surface area (Å²) in [4.78, 5) is 42.7. The number of benzene rings is 2. The fraction of sp³-hybridized carbons (Fsp3) is 0.423. The van der Waals surface area contributed by atoms with Gasteiger partial charge in [0, 0.05) is 18.5 Å². The molecule has 0 saturated heterocycles.